The standard InChI is InChI=1S/C14H21N3O3/c1-2-10-3-5-11(6-4-10)17-13(18)9-12(14(19)20)16-8-7-15/h3-6,12,16H,2,7-9,15H2,1H3,(H,17,18)(H,19,20)/p+1/t12-/m1/s1. The van der Waals surface area contributed by atoms with E-state index < -0.39 is 12.0 Å². The number of carboxylic acid groups (broad SMARTS) is 1. The van der Waals surface area contributed by atoms with Crippen LogP contribution in [0.15, 0.2) is 24.3 Å². The molecule has 0 aliphatic heterocycles. The first-order valence-electron chi connectivity index (χ1n) is 6.79. The predicted molar refractivity (Wildman–Crippen MR) is 72.4 cm³/mol. The minimum atomic E-state index is -1.23. The van der Waals surface area contributed by atoms with Crippen molar-refractivity contribution < 1.29 is 25.7 Å². The average molecular weight is 280 g/mol. The molecule has 0 unspecified atom stereocenters. The lowest BCUT2D eigenvalue weighted by Crippen LogP contribution is -2.95. The first-order chi connectivity index (χ1) is 9.56. The monoisotopic (exact) mass is 280 g/mol. The smallest absolute Gasteiger partial charge is 0.230 e. The fraction of sp³-hybridized carbons (Fsp3) is 0.429. The SMILES string of the molecule is CCc1ccc(NC(=O)C[C@@H]([NH2+]CC[NH3+])C(=O)[O-])cc1. The second kappa shape index (κ2) is 8.29. The van der Waals surface area contributed by atoms with E-state index in [2.05, 4.69) is 18.0 Å². The van der Waals surface area contributed by atoms with Gasteiger partial charge in [-0.3, -0.25) is 4.79 Å². The van der Waals surface area contributed by atoms with E-state index in [4.69, 9.17) is 0 Å². The van der Waals surface area contributed by atoms with Gasteiger partial charge in [0.05, 0.1) is 12.4 Å². The molecular formula is C14H22N3O3+. The fourth-order valence-corrected chi connectivity index (χ4v) is 1.82. The molecule has 0 spiro atoms. The van der Waals surface area contributed by atoms with E-state index in [9.17, 15) is 14.7 Å². The number of quaternary nitrogens is 2. The maximum absolute atomic E-state index is 11.8. The van der Waals surface area contributed by atoms with E-state index >= 15 is 0 Å². The number of carbonyl (C=O) groups excluding carboxylic acids is 2. The maximum atomic E-state index is 11.8. The molecule has 0 saturated heterocycles. The van der Waals surface area contributed by atoms with Crippen LogP contribution in [0, 0.1) is 0 Å². The number of aliphatic carboxylic acids is 1. The van der Waals surface area contributed by atoms with Crippen LogP contribution >= 0.6 is 0 Å². The van der Waals surface area contributed by atoms with Crippen LogP contribution in [-0.2, 0) is 16.0 Å². The van der Waals surface area contributed by atoms with Gasteiger partial charge in [-0.05, 0) is 24.1 Å². The van der Waals surface area contributed by atoms with Crippen LogP contribution in [0.3, 0.4) is 0 Å². The van der Waals surface area contributed by atoms with Gasteiger partial charge in [0.15, 0.2) is 0 Å². The molecule has 0 heterocycles. The Hall–Kier alpha value is -1.92. The zero-order valence-corrected chi connectivity index (χ0v) is 11.7. The Morgan fingerprint density at radius 1 is 1.35 bits per heavy atom. The van der Waals surface area contributed by atoms with E-state index in [0.29, 0.717) is 18.8 Å². The average Bonchev–Trinajstić information content (AvgIpc) is 2.44. The van der Waals surface area contributed by atoms with Crippen molar-refractivity contribution in [3.8, 4) is 0 Å². The molecule has 0 aliphatic carbocycles. The summed E-state index contributed by atoms with van der Waals surface area (Å²) in [5.41, 5.74) is 5.48. The molecule has 0 aliphatic rings. The zero-order chi connectivity index (χ0) is 15.0. The first-order valence-corrected chi connectivity index (χ1v) is 6.79. The topological polar surface area (TPSA) is 113 Å². The second-order valence-corrected chi connectivity index (χ2v) is 4.61. The van der Waals surface area contributed by atoms with Crippen LogP contribution in [0.2, 0.25) is 0 Å². The number of amides is 1. The summed E-state index contributed by atoms with van der Waals surface area (Å²) in [6.07, 6.45) is 0.818. The summed E-state index contributed by atoms with van der Waals surface area (Å²) in [6, 6.07) is 6.61. The van der Waals surface area contributed by atoms with Gasteiger partial charge in [-0.2, -0.15) is 0 Å². The van der Waals surface area contributed by atoms with Gasteiger partial charge in [0.1, 0.15) is 19.1 Å². The number of benzene rings is 1. The summed E-state index contributed by atoms with van der Waals surface area (Å²) in [7, 11) is 0. The van der Waals surface area contributed by atoms with Crippen LogP contribution in [0.5, 0.6) is 0 Å². The Labute approximate surface area is 118 Å². The molecule has 1 aromatic carbocycles. The van der Waals surface area contributed by atoms with Gasteiger partial charge >= 0.3 is 0 Å². The highest BCUT2D eigenvalue weighted by molar-refractivity contribution is 5.93. The number of aryl methyl sites for hydroxylation is 1. The quantitative estimate of drug-likeness (QED) is 0.489. The third kappa shape index (κ3) is 5.38. The molecule has 1 aromatic rings. The number of nitrogens with two attached hydrogens (primary N) is 1. The van der Waals surface area contributed by atoms with Crippen LogP contribution in [0.1, 0.15) is 18.9 Å². The normalized spacial score (nSPS) is 11.9. The Morgan fingerprint density at radius 2 is 2.00 bits per heavy atom. The van der Waals surface area contributed by atoms with Crippen LogP contribution < -0.4 is 21.5 Å². The number of anilines is 1. The summed E-state index contributed by atoms with van der Waals surface area (Å²) in [6.45, 7) is 3.21. The summed E-state index contributed by atoms with van der Waals surface area (Å²) < 4.78 is 0. The number of hydrogen-bond acceptors (Lipinski definition) is 3. The Bertz CT molecular complexity index is 445. The molecule has 6 nitrogen and oxygen atoms in total. The minimum absolute atomic E-state index is 0.113. The maximum Gasteiger partial charge on any atom is 0.230 e. The van der Waals surface area contributed by atoms with E-state index in [0.717, 1.165) is 6.42 Å². The first kappa shape index (κ1) is 16.1. The fourth-order valence-electron chi connectivity index (χ4n) is 1.82. The lowest BCUT2D eigenvalue weighted by Gasteiger charge is -2.15. The van der Waals surface area contributed by atoms with Gasteiger partial charge in [0, 0.05) is 5.69 Å². The van der Waals surface area contributed by atoms with E-state index in [1.807, 2.05) is 24.3 Å². The third-order valence-corrected chi connectivity index (χ3v) is 3.01. The molecule has 6 heteroatoms. The number of rotatable bonds is 8. The number of carboxylic acids is 1. The molecule has 6 N–H and O–H groups in total. The molecule has 110 valence electrons. The number of carbonyl (C=O) groups is 2. The summed E-state index contributed by atoms with van der Waals surface area (Å²) in [5, 5.41) is 15.2. The van der Waals surface area contributed by atoms with Crippen molar-refractivity contribution in [3.63, 3.8) is 0 Å². The number of hydrogen-bond donors (Lipinski definition) is 3. The van der Waals surface area contributed by atoms with Gasteiger partial charge in [0.2, 0.25) is 5.91 Å². The van der Waals surface area contributed by atoms with Crippen LogP contribution in [-0.4, -0.2) is 31.0 Å². The minimum Gasteiger partial charge on any atom is -0.544 e. The highest BCUT2D eigenvalue weighted by Crippen LogP contribution is 2.10. The molecule has 0 fully saturated rings. The van der Waals surface area contributed by atoms with Gasteiger partial charge in [-0.15, -0.1) is 0 Å². The van der Waals surface area contributed by atoms with Crippen LogP contribution in [0.4, 0.5) is 5.69 Å². The number of nitrogens with one attached hydrogen (secondary N) is 1. The van der Waals surface area contributed by atoms with Crippen molar-refractivity contribution >= 4 is 17.6 Å². The Balaban J connectivity index is 2.53. The lowest BCUT2D eigenvalue weighted by atomic mass is 10.1. The van der Waals surface area contributed by atoms with Gasteiger partial charge in [0.25, 0.3) is 0 Å². The Kier molecular flexibility index (Phi) is 6.69. The van der Waals surface area contributed by atoms with E-state index in [1.54, 1.807) is 5.32 Å². The highest BCUT2D eigenvalue weighted by Gasteiger charge is 2.18. The van der Waals surface area contributed by atoms with Crippen molar-refractivity contribution in [2.24, 2.45) is 0 Å². The van der Waals surface area contributed by atoms with E-state index in [1.165, 1.54) is 5.56 Å². The Morgan fingerprint density at radius 3 is 2.50 bits per heavy atom. The molecule has 0 radical (unpaired) electrons. The third-order valence-electron chi connectivity index (χ3n) is 3.01. The van der Waals surface area contributed by atoms with Crippen molar-refractivity contribution in [2.45, 2.75) is 25.8 Å². The predicted octanol–water partition coefficient (Wildman–Crippen LogP) is -2.50. The lowest BCUT2D eigenvalue weighted by molar-refractivity contribution is -0.695. The largest absolute Gasteiger partial charge is 0.544 e. The summed E-state index contributed by atoms with van der Waals surface area (Å²) in [5.74, 6) is -1.56. The molecule has 1 atom stereocenters. The van der Waals surface area contributed by atoms with Gasteiger partial charge in [-0.1, -0.05) is 19.1 Å². The van der Waals surface area contributed by atoms with Crippen molar-refractivity contribution in [1.29, 1.82) is 0 Å². The highest BCUT2D eigenvalue weighted by atomic mass is 16.4. The van der Waals surface area contributed by atoms with Crippen LogP contribution in [0.25, 0.3) is 0 Å². The molecule has 1 amide bonds. The zero-order valence-electron chi connectivity index (χ0n) is 11.7. The van der Waals surface area contributed by atoms with Crippen molar-refractivity contribution in [3.05, 3.63) is 29.8 Å². The summed E-state index contributed by atoms with van der Waals surface area (Å²) >= 11 is 0. The van der Waals surface area contributed by atoms with Gasteiger partial charge in [-0.25, -0.2) is 0 Å². The molecule has 20 heavy (non-hydrogen) atoms. The summed E-state index contributed by atoms with van der Waals surface area (Å²) in [4.78, 5) is 22.7. The molecule has 1 rings (SSSR count). The van der Waals surface area contributed by atoms with Crippen molar-refractivity contribution in [2.75, 3.05) is 18.4 Å². The van der Waals surface area contributed by atoms with E-state index in [-0.39, 0.29) is 12.3 Å². The van der Waals surface area contributed by atoms with Crippen molar-refractivity contribution in [1.82, 2.24) is 0 Å². The molecule has 0 aromatic heterocycles. The molecule has 0 bridgehead atoms. The molecule has 0 saturated carbocycles. The van der Waals surface area contributed by atoms with Gasteiger partial charge < -0.3 is 26.3 Å². The molecular weight excluding hydrogens is 258 g/mol. The second-order valence-electron chi connectivity index (χ2n) is 4.61.